The van der Waals surface area contributed by atoms with Crippen molar-refractivity contribution in [3.05, 3.63) is 65.3 Å². The number of hydrogen-bond donors (Lipinski definition) is 1. The second-order valence-corrected chi connectivity index (χ2v) is 6.93. The highest BCUT2D eigenvalue weighted by atomic mass is 35.5. The lowest BCUT2D eigenvalue weighted by Gasteiger charge is -2.35. The lowest BCUT2D eigenvalue weighted by molar-refractivity contribution is 0.0714. The maximum Gasteiger partial charge on any atom is 0.289 e. The molecule has 1 aromatic carbocycles. The zero-order chi connectivity index (χ0) is 19.5. The maximum atomic E-state index is 12.4. The summed E-state index contributed by atoms with van der Waals surface area (Å²) >= 11 is 6.23. The topological polar surface area (TPSA) is 74.5 Å². The molecule has 7 nitrogen and oxygen atoms in total. The predicted octanol–water partition coefficient (Wildman–Crippen LogP) is 3.74. The summed E-state index contributed by atoms with van der Waals surface area (Å²) in [6.07, 6.45) is 1.51. The van der Waals surface area contributed by atoms with Crippen LogP contribution >= 0.6 is 11.6 Å². The Morgan fingerprint density at radius 1 is 1.11 bits per heavy atom. The number of aryl methyl sites for hydroxylation is 1. The second-order valence-electron chi connectivity index (χ2n) is 6.52. The van der Waals surface area contributed by atoms with Gasteiger partial charge in [0.1, 0.15) is 17.5 Å². The number of para-hydroxylation sites is 1. The average Bonchev–Trinajstić information content (AvgIpc) is 3.24. The predicted molar refractivity (Wildman–Crippen MR) is 108 cm³/mol. The van der Waals surface area contributed by atoms with Crippen molar-refractivity contribution >= 4 is 34.8 Å². The largest absolute Gasteiger partial charge is 0.459 e. The van der Waals surface area contributed by atoms with Crippen molar-refractivity contribution in [3.8, 4) is 0 Å². The molecule has 0 unspecified atom stereocenters. The fourth-order valence-electron chi connectivity index (χ4n) is 3.17. The zero-order valence-electron chi connectivity index (χ0n) is 15.4. The lowest BCUT2D eigenvalue weighted by Crippen LogP contribution is -2.49. The van der Waals surface area contributed by atoms with E-state index in [4.69, 9.17) is 16.0 Å². The molecule has 0 aliphatic carbocycles. The number of furan rings is 1. The Hall–Kier alpha value is -3.06. The summed E-state index contributed by atoms with van der Waals surface area (Å²) in [5, 5.41) is 3.88. The molecule has 3 heterocycles. The number of hydrogen-bond acceptors (Lipinski definition) is 6. The molecular weight excluding hydrogens is 378 g/mol. The van der Waals surface area contributed by atoms with Crippen LogP contribution < -0.4 is 10.2 Å². The van der Waals surface area contributed by atoms with Crippen LogP contribution in [0.3, 0.4) is 0 Å². The van der Waals surface area contributed by atoms with E-state index in [1.54, 1.807) is 17.0 Å². The Labute approximate surface area is 167 Å². The third-order valence-electron chi connectivity index (χ3n) is 4.58. The molecular formula is C20H20ClN5O2. The summed E-state index contributed by atoms with van der Waals surface area (Å²) < 4.78 is 5.21. The molecule has 0 saturated carbocycles. The highest BCUT2D eigenvalue weighted by Gasteiger charge is 2.24. The number of anilines is 3. The quantitative estimate of drug-likeness (QED) is 0.722. The SMILES string of the molecule is Cc1nc(Nc2ccccc2Cl)cc(N2CCN(C(=O)c3ccco3)CC2)n1. The van der Waals surface area contributed by atoms with Crippen LogP contribution in [0.25, 0.3) is 0 Å². The van der Waals surface area contributed by atoms with Gasteiger partial charge in [0.2, 0.25) is 0 Å². The van der Waals surface area contributed by atoms with Crippen molar-refractivity contribution in [2.24, 2.45) is 0 Å². The van der Waals surface area contributed by atoms with Gasteiger partial charge in [-0.2, -0.15) is 0 Å². The lowest BCUT2D eigenvalue weighted by atomic mass is 10.2. The summed E-state index contributed by atoms with van der Waals surface area (Å²) in [7, 11) is 0. The summed E-state index contributed by atoms with van der Waals surface area (Å²) in [4.78, 5) is 25.4. The minimum Gasteiger partial charge on any atom is -0.459 e. The van der Waals surface area contributed by atoms with Crippen LogP contribution in [0.4, 0.5) is 17.3 Å². The van der Waals surface area contributed by atoms with E-state index < -0.39 is 0 Å². The van der Waals surface area contributed by atoms with Crippen LogP contribution in [0, 0.1) is 6.92 Å². The number of halogens is 1. The monoisotopic (exact) mass is 397 g/mol. The maximum absolute atomic E-state index is 12.4. The van der Waals surface area contributed by atoms with Gasteiger partial charge >= 0.3 is 0 Å². The molecule has 1 aliphatic heterocycles. The number of amides is 1. The molecule has 28 heavy (non-hydrogen) atoms. The van der Waals surface area contributed by atoms with Gasteiger partial charge in [0.15, 0.2) is 5.76 Å². The molecule has 1 aliphatic rings. The van der Waals surface area contributed by atoms with E-state index in [9.17, 15) is 4.79 Å². The highest BCUT2D eigenvalue weighted by Crippen LogP contribution is 2.26. The van der Waals surface area contributed by atoms with E-state index >= 15 is 0 Å². The molecule has 1 saturated heterocycles. The Morgan fingerprint density at radius 2 is 1.89 bits per heavy atom. The molecule has 1 amide bonds. The van der Waals surface area contributed by atoms with Crippen molar-refractivity contribution in [1.82, 2.24) is 14.9 Å². The van der Waals surface area contributed by atoms with Gasteiger partial charge in [-0.25, -0.2) is 9.97 Å². The van der Waals surface area contributed by atoms with E-state index in [1.165, 1.54) is 6.26 Å². The van der Waals surface area contributed by atoms with Crippen LogP contribution in [-0.4, -0.2) is 47.0 Å². The molecule has 3 aromatic rings. The smallest absolute Gasteiger partial charge is 0.289 e. The molecule has 8 heteroatoms. The van der Waals surface area contributed by atoms with Crippen LogP contribution in [0.1, 0.15) is 16.4 Å². The molecule has 1 N–H and O–H groups in total. The summed E-state index contributed by atoms with van der Waals surface area (Å²) in [5.74, 6) is 2.47. The number of benzene rings is 1. The Kier molecular flexibility index (Phi) is 5.16. The van der Waals surface area contributed by atoms with Gasteiger partial charge in [0, 0.05) is 32.2 Å². The first-order valence-electron chi connectivity index (χ1n) is 9.05. The van der Waals surface area contributed by atoms with Gasteiger partial charge in [-0.15, -0.1) is 0 Å². The second kappa shape index (κ2) is 7.90. The number of aromatic nitrogens is 2. The summed E-state index contributed by atoms with van der Waals surface area (Å²) in [6, 6.07) is 12.8. The molecule has 4 rings (SSSR count). The van der Waals surface area contributed by atoms with Crippen molar-refractivity contribution in [2.75, 3.05) is 36.4 Å². The molecule has 144 valence electrons. The third kappa shape index (κ3) is 3.94. The van der Waals surface area contributed by atoms with E-state index in [-0.39, 0.29) is 5.91 Å². The fraction of sp³-hybridized carbons (Fsp3) is 0.250. The number of carbonyl (C=O) groups is 1. The summed E-state index contributed by atoms with van der Waals surface area (Å²) in [5.41, 5.74) is 0.794. The number of nitrogens with zero attached hydrogens (tertiary/aromatic N) is 4. The molecule has 0 atom stereocenters. The van der Waals surface area contributed by atoms with E-state index in [2.05, 4.69) is 20.2 Å². The highest BCUT2D eigenvalue weighted by molar-refractivity contribution is 6.33. The van der Waals surface area contributed by atoms with E-state index in [0.717, 1.165) is 11.5 Å². The zero-order valence-corrected chi connectivity index (χ0v) is 16.2. The molecule has 0 bridgehead atoms. The number of piperazine rings is 1. The number of carbonyl (C=O) groups excluding carboxylic acids is 1. The minimum atomic E-state index is -0.0791. The molecule has 0 spiro atoms. The van der Waals surface area contributed by atoms with Crippen molar-refractivity contribution < 1.29 is 9.21 Å². The number of nitrogens with one attached hydrogen (secondary N) is 1. The number of rotatable bonds is 4. The standard InChI is InChI=1S/C20H20ClN5O2/c1-14-22-18(24-16-6-3-2-5-15(16)21)13-19(23-14)25-8-10-26(11-9-25)20(27)17-7-4-12-28-17/h2-7,12-13H,8-11H2,1H3,(H,22,23,24). The van der Waals surface area contributed by atoms with Gasteiger partial charge in [-0.3, -0.25) is 4.79 Å². The third-order valence-corrected chi connectivity index (χ3v) is 4.91. The van der Waals surface area contributed by atoms with Gasteiger partial charge in [0.25, 0.3) is 5.91 Å². The van der Waals surface area contributed by atoms with Gasteiger partial charge < -0.3 is 19.5 Å². The average molecular weight is 398 g/mol. The Balaban J connectivity index is 1.46. The van der Waals surface area contributed by atoms with Crippen LogP contribution in [0.5, 0.6) is 0 Å². The first-order valence-corrected chi connectivity index (χ1v) is 9.43. The normalized spacial score (nSPS) is 14.2. The van der Waals surface area contributed by atoms with Crippen LogP contribution in [-0.2, 0) is 0 Å². The fourth-order valence-corrected chi connectivity index (χ4v) is 3.36. The first-order chi connectivity index (χ1) is 13.6. The van der Waals surface area contributed by atoms with Gasteiger partial charge in [-0.05, 0) is 31.2 Å². The first kappa shape index (κ1) is 18.3. The minimum absolute atomic E-state index is 0.0791. The van der Waals surface area contributed by atoms with Crippen molar-refractivity contribution in [2.45, 2.75) is 6.92 Å². The Bertz CT molecular complexity index is 968. The van der Waals surface area contributed by atoms with Crippen molar-refractivity contribution in [3.63, 3.8) is 0 Å². The molecule has 0 radical (unpaired) electrons. The van der Waals surface area contributed by atoms with Crippen molar-refractivity contribution in [1.29, 1.82) is 0 Å². The molecule has 2 aromatic heterocycles. The van der Waals surface area contributed by atoms with Crippen LogP contribution in [0.15, 0.2) is 53.1 Å². The van der Waals surface area contributed by atoms with E-state index in [0.29, 0.717) is 48.6 Å². The molecule has 1 fully saturated rings. The summed E-state index contributed by atoms with van der Waals surface area (Å²) in [6.45, 7) is 4.45. The Morgan fingerprint density at radius 3 is 2.61 bits per heavy atom. The van der Waals surface area contributed by atoms with Crippen LogP contribution in [0.2, 0.25) is 5.02 Å². The van der Waals surface area contributed by atoms with E-state index in [1.807, 2.05) is 37.3 Å². The van der Waals surface area contributed by atoms with Gasteiger partial charge in [0.05, 0.1) is 17.0 Å². The van der Waals surface area contributed by atoms with Gasteiger partial charge in [-0.1, -0.05) is 23.7 Å².